The Balaban J connectivity index is 2.51. The summed E-state index contributed by atoms with van der Waals surface area (Å²) in [5.41, 5.74) is 8.30. The van der Waals surface area contributed by atoms with E-state index in [1.807, 2.05) is 13.0 Å². The van der Waals surface area contributed by atoms with E-state index in [-0.39, 0.29) is 6.04 Å². The van der Waals surface area contributed by atoms with Gasteiger partial charge in [-0.3, -0.25) is 9.88 Å². The van der Waals surface area contributed by atoms with Crippen LogP contribution in [0.1, 0.15) is 38.1 Å². The largest absolute Gasteiger partial charge is 0.327 e. The molecule has 0 spiro atoms. The molecule has 0 fully saturated rings. The molecule has 1 heterocycles. The van der Waals surface area contributed by atoms with E-state index in [0.29, 0.717) is 0 Å². The molecule has 0 amide bonds. The van der Waals surface area contributed by atoms with Gasteiger partial charge in [0.05, 0.1) is 5.69 Å². The van der Waals surface area contributed by atoms with Crippen LogP contribution < -0.4 is 5.73 Å². The predicted octanol–water partition coefficient (Wildman–Crippen LogP) is 2.34. The summed E-state index contributed by atoms with van der Waals surface area (Å²) >= 11 is 0. The second-order valence-corrected chi connectivity index (χ2v) is 4.65. The summed E-state index contributed by atoms with van der Waals surface area (Å²) in [5.74, 6) is 0. The van der Waals surface area contributed by atoms with Gasteiger partial charge >= 0.3 is 0 Å². The fourth-order valence-electron chi connectivity index (χ4n) is 2.02. The normalized spacial score (nSPS) is 13.0. The van der Waals surface area contributed by atoms with Crippen LogP contribution in [0, 0.1) is 6.92 Å². The van der Waals surface area contributed by atoms with E-state index < -0.39 is 0 Å². The predicted molar refractivity (Wildman–Crippen MR) is 72.8 cm³/mol. The molecular weight excluding hydrogens is 210 g/mol. The molecule has 0 saturated carbocycles. The lowest BCUT2D eigenvalue weighted by atomic mass is 10.1. The van der Waals surface area contributed by atoms with E-state index in [4.69, 9.17) is 5.73 Å². The van der Waals surface area contributed by atoms with E-state index in [1.165, 1.54) is 0 Å². The average Bonchev–Trinajstić information content (AvgIpc) is 2.28. The molecular formula is C14H25N3. The van der Waals surface area contributed by atoms with Crippen LogP contribution in [0.2, 0.25) is 0 Å². The van der Waals surface area contributed by atoms with Crippen molar-refractivity contribution in [3.05, 3.63) is 29.6 Å². The van der Waals surface area contributed by atoms with Crippen LogP contribution in [-0.4, -0.2) is 29.0 Å². The zero-order valence-electron chi connectivity index (χ0n) is 11.3. The Bertz CT molecular complexity index is 325. The molecule has 1 aromatic rings. The van der Waals surface area contributed by atoms with Crippen LogP contribution in [0.15, 0.2) is 18.2 Å². The number of hydrogen-bond donors (Lipinski definition) is 1. The first-order valence-electron chi connectivity index (χ1n) is 6.56. The zero-order chi connectivity index (χ0) is 12.7. The first kappa shape index (κ1) is 14.1. The molecule has 0 radical (unpaired) electrons. The SMILES string of the molecule is CCCC(N)CN(CC)Cc1cccc(C)n1. The van der Waals surface area contributed by atoms with Gasteiger partial charge < -0.3 is 5.73 Å². The highest BCUT2D eigenvalue weighted by Crippen LogP contribution is 2.05. The number of rotatable bonds is 7. The van der Waals surface area contributed by atoms with Crippen molar-refractivity contribution in [2.45, 2.75) is 46.2 Å². The average molecular weight is 235 g/mol. The monoisotopic (exact) mass is 235 g/mol. The van der Waals surface area contributed by atoms with Crippen molar-refractivity contribution in [3.8, 4) is 0 Å². The minimum Gasteiger partial charge on any atom is -0.327 e. The Morgan fingerprint density at radius 3 is 2.71 bits per heavy atom. The topological polar surface area (TPSA) is 42.1 Å². The van der Waals surface area contributed by atoms with Gasteiger partial charge in [-0.05, 0) is 32.0 Å². The van der Waals surface area contributed by atoms with E-state index in [2.05, 4.69) is 35.9 Å². The van der Waals surface area contributed by atoms with Crippen molar-refractivity contribution in [2.24, 2.45) is 5.73 Å². The van der Waals surface area contributed by atoms with Crippen molar-refractivity contribution in [2.75, 3.05) is 13.1 Å². The van der Waals surface area contributed by atoms with Crippen molar-refractivity contribution < 1.29 is 0 Å². The maximum absolute atomic E-state index is 6.08. The van der Waals surface area contributed by atoms with Crippen LogP contribution in [0.3, 0.4) is 0 Å². The molecule has 1 unspecified atom stereocenters. The third-order valence-corrected chi connectivity index (χ3v) is 2.93. The van der Waals surface area contributed by atoms with Crippen LogP contribution in [0.5, 0.6) is 0 Å². The molecule has 0 aromatic carbocycles. The molecule has 0 bridgehead atoms. The molecule has 1 atom stereocenters. The van der Waals surface area contributed by atoms with Gasteiger partial charge in [0, 0.05) is 24.8 Å². The Kier molecular flexibility index (Phi) is 6.16. The Hall–Kier alpha value is -0.930. The van der Waals surface area contributed by atoms with Gasteiger partial charge in [0.1, 0.15) is 0 Å². The molecule has 1 aromatic heterocycles. The van der Waals surface area contributed by atoms with Crippen molar-refractivity contribution in [3.63, 3.8) is 0 Å². The van der Waals surface area contributed by atoms with Gasteiger partial charge in [0.15, 0.2) is 0 Å². The summed E-state index contributed by atoms with van der Waals surface area (Å²) < 4.78 is 0. The number of aryl methyl sites for hydroxylation is 1. The summed E-state index contributed by atoms with van der Waals surface area (Å²) in [6.07, 6.45) is 2.25. The second kappa shape index (κ2) is 7.41. The lowest BCUT2D eigenvalue weighted by Crippen LogP contribution is -2.37. The van der Waals surface area contributed by atoms with E-state index in [9.17, 15) is 0 Å². The first-order valence-corrected chi connectivity index (χ1v) is 6.56. The number of nitrogens with two attached hydrogens (primary N) is 1. The zero-order valence-corrected chi connectivity index (χ0v) is 11.3. The lowest BCUT2D eigenvalue weighted by Gasteiger charge is -2.23. The Morgan fingerprint density at radius 2 is 2.12 bits per heavy atom. The number of nitrogens with zero attached hydrogens (tertiary/aromatic N) is 2. The molecule has 0 aliphatic carbocycles. The minimum atomic E-state index is 0.282. The van der Waals surface area contributed by atoms with E-state index >= 15 is 0 Å². The number of hydrogen-bond acceptors (Lipinski definition) is 3. The van der Waals surface area contributed by atoms with Gasteiger partial charge in [-0.1, -0.05) is 26.3 Å². The highest BCUT2D eigenvalue weighted by molar-refractivity contribution is 5.09. The molecule has 0 aliphatic rings. The quantitative estimate of drug-likeness (QED) is 0.788. The molecule has 0 saturated heterocycles. The van der Waals surface area contributed by atoms with Crippen LogP contribution >= 0.6 is 0 Å². The highest BCUT2D eigenvalue weighted by atomic mass is 15.1. The summed E-state index contributed by atoms with van der Waals surface area (Å²) in [5, 5.41) is 0. The number of pyridine rings is 1. The summed E-state index contributed by atoms with van der Waals surface area (Å²) in [4.78, 5) is 6.89. The summed E-state index contributed by atoms with van der Waals surface area (Å²) in [6.45, 7) is 9.26. The van der Waals surface area contributed by atoms with Crippen molar-refractivity contribution in [1.29, 1.82) is 0 Å². The summed E-state index contributed by atoms with van der Waals surface area (Å²) in [6, 6.07) is 6.46. The standard InChI is InChI=1S/C14H25N3/c1-4-7-13(15)10-17(5-2)11-14-9-6-8-12(3)16-14/h6,8-9,13H,4-5,7,10-11,15H2,1-3H3. The smallest absolute Gasteiger partial charge is 0.0547 e. The first-order chi connectivity index (χ1) is 8.15. The Labute approximate surface area is 105 Å². The fourth-order valence-corrected chi connectivity index (χ4v) is 2.02. The van der Waals surface area contributed by atoms with Gasteiger partial charge in [0.2, 0.25) is 0 Å². The maximum atomic E-state index is 6.08. The fraction of sp³-hybridized carbons (Fsp3) is 0.643. The van der Waals surface area contributed by atoms with Crippen molar-refractivity contribution >= 4 is 0 Å². The second-order valence-electron chi connectivity index (χ2n) is 4.65. The van der Waals surface area contributed by atoms with E-state index in [0.717, 1.165) is 43.9 Å². The van der Waals surface area contributed by atoms with Crippen LogP contribution in [0.4, 0.5) is 0 Å². The van der Waals surface area contributed by atoms with Gasteiger partial charge in [-0.15, -0.1) is 0 Å². The molecule has 96 valence electrons. The maximum Gasteiger partial charge on any atom is 0.0547 e. The third kappa shape index (κ3) is 5.29. The molecule has 0 aliphatic heterocycles. The third-order valence-electron chi connectivity index (χ3n) is 2.93. The number of aromatic nitrogens is 1. The lowest BCUT2D eigenvalue weighted by molar-refractivity contribution is 0.253. The van der Waals surface area contributed by atoms with Gasteiger partial charge in [-0.2, -0.15) is 0 Å². The molecule has 3 nitrogen and oxygen atoms in total. The Morgan fingerprint density at radius 1 is 1.35 bits per heavy atom. The minimum absolute atomic E-state index is 0.282. The van der Waals surface area contributed by atoms with E-state index in [1.54, 1.807) is 0 Å². The molecule has 1 rings (SSSR count). The van der Waals surface area contributed by atoms with Crippen LogP contribution in [0.25, 0.3) is 0 Å². The van der Waals surface area contributed by atoms with Gasteiger partial charge in [-0.25, -0.2) is 0 Å². The molecule has 17 heavy (non-hydrogen) atoms. The van der Waals surface area contributed by atoms with Crippen molar-refractivity contribution in [1.82, 2.24) is 9.88 Å². The van der Waals surface area contributed by atoms with Gasteiger partial charge in [0.25, 0.3) is 0 Å². The molecule has 3 heteroatoms. The van der Waals surface area contributed by atoms with Crippen LogP contribution in [-0.2, 0) is 6.54 Å². The molecule has 2 N–H and O–H groups in total. The highest BCUT2D eigenvalue weighted by Gasteiger charge is 2.09. The summed E-state index contributed by atoms with van der Waals surface area (Å²) in [7, 11) is 0. The number of likely N-dealkylation sites (N-methyl/N-ethyl adjacent to an activating group) is 1.